The lowest BCUT2D eigenvalue weighted by Gasteiger charge is -2.13. The van der Waals surface area contributed by atoms with Crippen LogP contribution < -0.4 is 4.74 Å². The number of rotatable bonds is 3. The molecule has 0 amide bonds. The van der Waals surface area contributed by atoms with Gasteiger partial charge in [0.2, 0.25) is 0 Å². The molecule has 1 N–H and O–H groups in total. The van der Waals surface area contributed by atoms with Crippen LogP contribution in [-0.2, 0) is 7.05 Å². The summed E-state index contributed by atoms with van der Waals surface area (Å²) < 4.78 is 20.3. The number of benzene rings is 1. The van der Waals surface area contributed by atoms with Crippen molar-refractivity contribution in [2.75, 3.05) is 7.11 Å². The highest BCUT2D eigenvalue weighted by atomic mass is 19.1. The minimum Gasteiger partial charge on any atom is -0.496 e. The minimum atomic E-state index is -1.13. The minimum absolute atomic E-state index is 0.105. The summed E-state index contributed by atoms with van der Waals surface area (Å²) in [6.45, 7) is 0. The summed E-state index contributed by atoms with van der Waals surface area (Å²) in [6, 6.07) is 6.05. The summed E-state index contributed by atoms with van der Waals surface area (Å²) in [5, 5.41) is 14.2. The molecule has 0 saturated carbocycles. The predicted molar refractivity (Wildman–Crippen MR) is 60.2 cm³/mol. The normalized spacial score (nSPS) is 12.5. The van der Waals surface area contributed by atoms with Crippen LogP contribution in [-0.4, -0.2) is 22.0 Å². The van der Waals surface area contributed by atoms with Gasteiger partial charge in [-0.25, -0.2) is 4.39 Å². The van der Waals surface area contributed by atoms with Crippen molar-refractivity contribution in [1.82, 2.24) is 9.78 Å². The quantitative estimate of drug-likeness (QED) is 0.881. The van der Waals surface area contributed by atoms with E-state index in [0.717, 1.165) is 0 Å². The predicted octanol–water partition coefficient (Wildman–Crippen LogP) is 1.65. The Balaban J connectivity index is 2.46. The van der Waals surface area contributed by atoms with E-state index in [1.807, 2.05) is 0 Å². The second kappa shape index (κ2) is 4.55. The van der Waals surface area contributed by atoms with Gasteiger partial charge in [-0.05, 0) is 18.2 Å². The fraction of sp³-hybridized carbons (Fsp3) is 0.250. The topological polar surface area (TPSA) is 47.3 Å². The van der Waals surface area contributed by atoms with Crippen LogP contribution in [0.1, 0.15) is 17.4 Å². The first-order valence-electron chi connectivity index (χ1n) is 5.13. The number of hydrogen-bond acceptors (Lipinski definition) is 3. The Hall–Kier alpha value is -1.88. The van der Waals surface area contributed by atoms with Crippen molar-refractivity contribution in [2.45, 2.75) is 6.10 Å². The fourth-order valence-electron chi connectivity index (χ4n) is 1.69. The summed E-state index contributed by atoms with van der Waals surface area (Å²) in [7, 11) is 3.16. The molecule has 0 aliphatic carbocycles. The van der Waals surface area contributed by atoms with Crippen molar-refractivity contribution in [1.29, 1.82) is 0 Å². The zero-order valence-corrected chi connectivity index (χ0v) is 9.59. The highest BCUT2D eigenvalue weighted by Gasteiger charge is 2.21. The summed E-state index contributed by atoms with van der Waals surface area (Å²) in [4.78, 5) is 0. The van der Waals surface area contributed by atoms with Crippen LogP contribution in [0, 0.1) is 5.82 Å². The van der Waals surface area contributed by atoms with Gasteiger partial charge >= 0.3 is 0 Å². The summed E-state index contributed by atoms with van der Waals surface area (Å²) in [5.74, 6) is -0.203. The Morgan fingerprint density at radius 2 is 2.18 bits per heavy atom. The molecular weight excluding hydrogens is 223 g/mol. The number of methoxy groups -OCH3 is 1. The van der Waals surface area contributed by atoms with E-state index in [4.69, 9.17) is 4.74 Å². The monoisotopic (exact) mass is 236 g/mol. The molecule has 0 spiro atoms. The van der Waals surface area contributed by atoms with Gasteiger partial charge < -0.3 is 9.84 Å². The molecule has 0 radical (unpaired) electrons. The Morgan fingerprint density at radius 1 is 1.41 bits per heavy atom. The highest BCUT2D eigenvalue weighted by Crippen LogP contribution is 2.31. The third kappa shape index (κ3) is 2.14. The summed E-state index contributed by atoms with van der Waals surface area (Å²) in [6.07, 6.45) is 0.554. The van der Waals surface area contributed by atoms with Crippen LogP contribution >= 0.6 is 0 Å². The van der Waals surface area contributed by atoms with Gasteiger partial charge in [-0.1, -0.05) is 6.07 Å². The highest BCUT2D eigenvalue weighted by molar-refractivity contribution is 5.39. The second-order valence-corrected chi connectivity index (χ2v) is 3.67. The van der Waals surface area contributed by atoms with Gasteiger partial charge in [0.25, 0.3) is 0 Å². The molecule has 0 fully saturated rings. The number of aryl methyl sites for hydroxylation is 1. The number of ether oxygens (including phenoxy) is 1. The molecule has 90 valence electrons. The molecule has 1 heterocycles. The molecule has 2 rings (SSSR count). The molecule has 0 aliphatic rings. The van der Waals surface area contributed by atoms with Crippen molar-refractivity contribution in [3.8, 4) is 5.75 Å². The Bertz CT molecular complexity index is 525. The van der Waals surface area contributed by atoms with E-state index < -0.39 is 11.9 Å². The third-order valence-electron chi connectivity index (χ3n) is 2.52. The zero-order valence-electron chi connectivity index (χ0n) is 9.59. The van der Waals surface area contributed by atoms with Crippen molar-refractivity contribution in [3.63, 3.8) is 0 Å². The van der Waals surface area contributed by atoms with Gasteiger partial charge in [0.1, 0.15) is 17.7 Å². The van der Waals surface area contributed by atoms with Gasteiger partial charge in [0, 0.05) is 13.2 Å². The maximum absolute atomic E-state index is 13.7. The van der Waals surface area contributed by atoms with Crippen molar-refractivity contribution in [3.05, 3.63) is 47.5 Å². The van der Waals surface area contributed by atoms with Gasteiger partial charge in [0.15, 0.2) is 0 Å². The molecule has 2 aromatic rings. The van der Waals surface area contributed by atoms with Gasteiger partial charge in [-0.15, -0.1) is 0 Å². The van der Waals surface area contributed by atoms with E-state index in [-0.39, 0.29) is 5.56 Å². The number of hydrogen-bond donors (Lipinski definition) is 1. The first-order chi connectivity index (χ1) is 8.13. The van der Waals surface area contributed by atoms with Crippen molar-refractivity contribution in [2.24, 2.45) is 7.05 Å². The van der Waals surface area contributed by atoms with E-state index in [2.05, 4.69) is 5.10 Å². The molecule has 1 unspecified atom stereocenters. The van der Waals surface area contributed by atoms with Crippen molar-refractivity contribution >= 4 is 0 Å². The van der Waals surface area contributed by atoms with Crippen LogP contribution in [0.4, 0.5) is 4.39 Å². The number of aliphatic hydroxyl groups is 1. The van der Waals surface area contributed by atoms with Crippen LogP contribution in [0.2, 0.25) is 0 Å². The van der Waals surface area contributed by atoms with E-state index in [0.29, 0.717) is 11.4 Å². The molecule has 1 aromatic heterocycles. The van der Waals surface area contributed by atoms with Gasteiger partial charge in [0.05, 0.1) is 18.4 Å². The lowest BCUT2D eigenvalue weighted by atomic mass is 10.0. The van der Waals surface area contributed by atoms with E-state index in [1.165, 1.54) is 19.2 Å². The average Bonchev–Trinajstić information content (AvgIpc) is 2.74. The van der Waals surface area contributed by atoms with E-state index in [1.54, 1.807) is 30.1 Å². The smallest absolute Gasteiger partial charge is 0.133 e. The zero-order chi connectivity index (χ0) is 12.4. The van der Waals surface area contributed by atoms with Crippen LogP contribution in [0.3, 0.4) is 0 Å². The fourth-order valence-corrected chi connectivity index (χ4v) is 1.69. The molecule has 0 saturated heterocycles. The number of nitrogens with zero attached hydrogens (tertiary/aromatic N) is 2. The summed E-state index contributed by atoms with van der Waals surface area (Å²) >= 11 is 0. The lowest BCUT2D eigenvalue weighted by Crippen LogP contribution is -2.06. The standard InChI is InChI=1S/C12H13FN2O2/c1-15-7-6-9(14-15)12(16)11-8(13)4-3-5-10(11)17-2/h3-7,12,16H,1-2H3. The molecule has 0 aliphatic heterocycles. The number of aromatic nitrogens is 2. The van der Waals surface area contributed by atoms with Crippen molar-refractivity contribution < 1.29 is 14.2 Å². The van der Waals surface area contributed by atoms with Gasteiger partial charge in [-0.3, -0.25) is 4.68 Å². The van der Waals surface area contributed by atoms with Gasteiger partial charge in [-0.2, -0.15) is 5.10 Å². The first-order valence-corrected chi connectivity index (χ1v) is 5.13. The SMILES string of the molecule is COc1cccc(F)c1C(O)c1ccn(C)n1. The average molecular weight is 236 g/mol. The molecule has 5 heteroatoms. The molecule has 1 aromatic carbocycles. The molecule has 0 bridgehead atoms. The second-order valence-electron chi connectivity index (χ2n) is 3.67. The van der Waals surface area contributed by atoms with Crippen LogP contribution in [0.25, 0.3) is 0 Å². The third-order valence-corrected chi connectivity index (χ3v) is 2.52. The number of aliphatic hydroxyl groups excluding tert-OH is 1. The Morgan fingerprint density at radius 3 is 2.76 bits per heavy atom. The first kappa shape index (κ1) is 11.6. The maximum Gasteiger partial charge on any atom is 0.133 e. The van der Waals surface area contributed by atoms with Crippen LogP contribution in [0.15, 0.2) is 30.5 Å². The number of halogens is 1. The Labute approximate surface area is 98.3 Å². The molecular formula is C12H13FN2O2. The van der Waals surface area contributed by atoms with E-state index >= 15 is 0 Å². The van der Waals surface area contributed by atoms with E-state index in [9.17, 15) is 9.50 Å². The molecule has 17 heavy (non-hydrogen) atoms. The summed E-state index contributed by atoms with van der Waals surface area (Å²) in [5.41, 5.74) is 0.490. The largest absolute Gasteiger partial charge is 0.496 e. The lowest BCUT2D eigenvalue weighted by molar-refractivity contribution is 0.203. The Kier molecular flexibility index (Phi) is 3.10. The molecule has 1 atom stereocenters. The molecule has 4 nitrogen and oxygen atoms in total. The maximum atomic E-state index is 13.7. The van der Waals surface area contributed by atoms with Crippen LogP contribution in [0.5, 0.6) is 5.75 Å².